The van der Waals surface area contributed by atoms with Crippen molar-refractivity contribution in [3.05, 3.63) is 62.5 Å². The van der Waals surface area contributed by atoms with Gasteiger partial charge in [-0.2, -0.15) is 5.10 Å². The summed E-state index contributed by atoms with van der Waals surface area (Å²) < 4.78 is 1.87. The molecule has 6 nitrogen and oxygen atoms in total. The molecule has 0 aliphatic carbocycles. The van der Waals surface area contributed by atoms with E-state index in [1.54, 1.807) is 23.1 Å². The lowest BCUT2D eigenvalue weighted by Crippen LogP contribution is -2.36. The molecule has 2 aliphatic heterocycles. The maximum atomic E-state index is 12.9. The van der Waals surface area contributed by atoms with Crippen molar-refractivity contribution >= 4 is 34.8 Å². The summed E-state index contributed by atoms with van der Waals surface area (Å²) in [5.74, 6) is -0.105. The number of hydrogen-bond acceptors (Lipinski definition) is 4. The summed E-state index contributed by atoms with van der Waals surface area (Å²) in [4.78, 5) is 14.6. The van der Waals surface area contributed by atoms with Crippen LogP contribution in [0, 0.1) is 5.41 Å². The van der Waals surface area contributed by atoms with E-state index in [9.17, 15) is 4.79 Å². The largest absolute Gasteiger partial charge is 0.404 e. The molecule has 1 aromatic heterocycles. The van der Waals surface area contributed by atoms with Gasteiger partial charge in [0.2, 0.25) is 0 Å². The van der Waals surface area contributed by atoms with Crippen LogP contribution in [0.4, 0.5) is 0 Å². The van der Waals surface area contributed by atoms with E-state index in [4.69, 9.17) is 34.3 Å². The standard InChI is InChI=1S/C18H17Cl2N5O/c19-13-2-1-10(7-14(13)20)18(26)24-5-4-15-12(9-24)17-16(22)11(8-21)3-6-25(17)23-15/h1-2,7-8,22H,3-6,9,21H2/b11-8-,22-16?. The Kier molecular flexibility index (Phi) is 4.25. The van der Waals surface area contributed by atoms with E-state index in [0.29, 0.717) is 53.8 Å². The van der Waals surface area contributed by atoms with Crippen molar-refractivity contribution in [1.29, 1.82) is 5.41 Å². The van der Waals surface area contributed by atoms with Crippen LogP contribution < -0.4 is 5.73 Å². The molecule has 0 saturated heterocycles. The Morgan fingerprint density at radius 3 is 2.77 bits per heavy atom. The fourth-order valence-corrected chi connectivity index (χ4v) is 3.82. The molecule has 8 heteroatoms. The van der Waals surface area contributed by atoms with Gasteiger partial charge in [0.25, 0.3) is 5.91 Å². The summed E-state index contributed by atoms with van der Waals surface area (Å²) in [5, 5.41) is 13.8. The molecule has 0 atom stereocenters. The van der Waals surface area contributed by atoms with Crippen LogP contribution in [0.5, 0.6) is 0 Å². The van der Waals surface area contributed by atoms with Gasteiger partial charge in [0, 0.05) is 30.6 Å². The minimum absolute atomic E-state index is 0.105. The van der Waals surface area contributed by atoms with E-state index in [2.05, 4.69) is 5.10 Å². The molecule has 0 spiro atoms. The smallest absolute Gasteiger partial charge is 0.254 e. The Morgan fingerprint density at radius 1 is 1.23 bits per heavy atom. The van der Waals surface area contributed by atoms with E-state index in [-0.39, 0.29) is 5.91 Å². The van der Waals surface area contributed by atoms with Gasteiger partial charge < -0.3 is 10.6 Å². The number of carbonyl (C=O) groups excluding carboxylic acids is 1. The number of halogens is 2. The monoisotopic (exact) mass is 389 g/mol. The molecule has 1 amide bonds. The number of benzene rings is 1. The van der Waals surface area contributed by atoms with E-state index in [1.807, 2.05) is 4.68 Å². The third-order valence-electron chi connectivity index (χ3n) is 4.91. The zero-order valence-corrected chi connectivity index (χ0v) is 15.4. The van der Waals surface area contributed by atoms with Crippen LogP contribution in [-0.2, 0) is 19.5 Å². The highest BCUT2D eigenvalue weighted by Crippen LogP contribution is 2.30. The van der Waals surface area contributed by atoms with Crippen molar-refractivity contribution in [1.82, 2.24) is 14.7 Å². The van der Waals surface area contributed by atoms with E-state index in [1.165, 1.54) is 6.20 Å². The molecule has 0 bridgehead atoms. The lowest BCUT2D eigenvalue weighted by Gasteiger charge is -2.28. The quantitative estimate of drug-likeness (QED) is 0.785. The van der Waals surface area contributed by atoms with Crippen LogP contribution in [0.15, 0.2) is 30.0 Å². The average molecular weight is 390 g/mol. The summed E-state index contributed by atoms with van der Waals surface area (Å²) in [7, 11) is 0. The summed E-state index contributed by atoms with van der Waals surface area (Å²) in [5.41, 5.74) is 10.0. The summed E-state index contributed by atoms with van der Waals surface area (Å²) in [6.07, 6.45) is 2.86. The van der Waals surface area contributed by atoms with Gasteiger partial charge in [-0.15, -0.1) is 0 Å². The minimum Gasteiger partial charge on any atom is -0.404 e. The van der Waals surface area contributed by atoms with E-state index < -0.39 is 0 Å². The Hall–Kier alpha value is -2.31. The van der Waals surface area contributed by atoms with Crippen LogP contribution in [0.3, 0.4) is 0 Å². The number of aromatic nitrogens is 2. The topological polar surface area (TPSA) is 88.0 Å². The van der Waals surface area contributed by atoms with Gasteiger partial charge >= 0.3 is 0 Å². The van der Waals surface area contributed by atoms with Gasteiger partial charge in [-0.05, 0) is 36.4 Å². The van der Waals surface area contributed by atoms with Crippen LogP contribution >= 0.6 is 23.2 Å². The zero-order chi connectivity index (χ0) is 18.4. The van der Waals surface area contributed by atoms with Gasteiger partial charge in [0.1, 0.15) is 0 Å². The zero-order valence-electron chi connectivity index (χ0n) is 13.9. The van der Waals surface area contributed by atoms with Crippen molar-refractivity contribution in [3.8, 4) is 0 Å². The molecule has 134 valence electrons. The fraction of sp³-hybridized carbons (Fsp3) is 0.278. The molecule has 1 aromatic carbocycles. The number of amides is 1. The lowest BCUT2D eigenvalue weighted by atomic mass is 9.95. The normalized spacial score (nSPS) is 18.0. The first kappa shape index (κ1) is 17.1. The fourth-order valence-electron chi connectivity index (χ4n) is 3.52. The Labute approximate surface area is 160 Å². The highest BCUT2D eigenvalue weighted by atomic mass is 35.5. The number of rotatable bonds is 1. The molecule has 26 heavy (non-hydrogen) atoms. The summed E-state index contributed by atoms with van der Waals surface area (Å²) >= 11 is 12.0. The third-order valence-corrected chi connectivity index (χ3v) is 5.65. The van der Waals surface area contributed by atoms with Crippen LogP contribution in [0.25, 0.3) is 0 Å². The molecule has 4 rings (SSSR count). The molecular weight excluding hydrogens is 373 g/mol. The molecule has 0 fully saturated rings. The number of hydrogen-bond donors (Lipinski definition) is 2. The number of carbonyl (C=O) groups is 1. The van der Waals surface area contributed by atoms with Crippen LogP contribution in [0.1, 0.15) is 33.7 Å². The summed E-state index contributed by atoms with van der Waals surface area (Å²) in [6.45, 7) is 1.70. The first-order valence-corrected chi connectivity index (χ1v) is 9.08. The van der Waals surface area contributed by atoms with Crippen LogP contribution in [-0.4, -0.2) is 32.8 Å². The number of nitrogens with zero attached hydrogens (tertiary/aromatic N) is 3. The average Bonchev–Trinajstić information content (AvgIpc) is 3.02. The molecule has 2 aromatic rings. The second-order valence-electron chi connectivity index (χ2n) is 6.42. The van der Waals surface area contributed by atoms with Crippen molar-refractivity contribution in [2.24, 2.45) is 5.73 Å². The van der Waals surface area contributed by atoms with Crippen LogP contribution in [0.2, 0.25) is 10.0 Å². The molecular formula is C18H17Cl2N5O. The molecule has 0 saturated carbocycles. The first-order chi connectivity index (χ1) is 12.5. The van der Waals surface area contributed by atoms with Crippen molar-refractivity contribution in [2.75, 3.05) is 6.54 Å². The van der Waals surface area contributed by atoms with Crippen molar-refractivity contribution in [3.63, 3.8) is 0 Å². The molecule has 0 unspecified atom stereocenters. The highest BCUT2D eigenvalue weighted by molar-refractivity contribution is 6.42. The molecule has 0 radical (unpaired) electrons. The minimum atomic E-state index is -0.105. The SMILES string of the molecule is N=C1/C(=C\N)CCn2nc3c(c21)CN(C(=O)c1ccc(Cl)c(Cl)c1)CC3. The van der Waals surface area contributed by atoms with Crippen molar-refractivity contribution < 1.29 is 4.79 Å². The molecule has 3 N–H and O–H groups in total. The Bertz CT molecular complexity index is 963. The van der Waals surface area contributed by atoms with Gasteiger partial charge in [-0.3, -0.25) is 14.9 Å². The second-order valence-corrected chi connectivity index (χ2v) is 7.23. The predicted octanol–water partition coefficient (Wildman–Crippen LogP) is 3.00. The first-order valence-electron chi connectivity index (χ1n) is 8.32. The number of aryl methyl sites for hydroxylation is 1. The van der Waals surface area contributed by atoms with Crippen molar-refractivity contribution in [2.45, 2.75) is 25.9 Å². The molecule has 3 heterocycles. The lowest BCUT2D eigenvalue weighted by molar-refractivity contribution is 0.0734. The predicted molar refractivity (Wildman–Crippen MR) is 101 cm³/mol. The van der Waals surface area contributed by atoms with Gasteiger partial charge in [0.05, 0.1) is 33.7 Å². The van der Waals surface area contributed by atoms with Gasteiger partial charge in [-0.1, -0.05) is 23.2 Å². The summed E-state index contributed by atoms with van der Waals surface area (Å²) in [6, 6.07) is 4.89. The highest BCUT2D eigenvalue weighted by Gasteiger charge is 2.32. The van der Waals surface area contributed by atoms with E-state index in [0.717, 1.165) is 22.5 Å². The maximum absolute atomic E-state index is 12.9. The van der Waals surface area contributed by atoms with Gasteiger partial charge in [-0.25, -0.2) is 0 Å². The number of allylic oxidation sites excluding steroid dienone is 1. The Morgan fingerprint density at radius 2 is 2.04 bits per heavy atom. The third kappa shape index (κ3) is 2.70. The number of nitrogens with one attached hydrogen (secondary N) is 1. The second kappa shape index (κ2) is 6.45. The van der Waals surface area contributed by atoms with Gasteiger partial charge in [0.15, 0.2) is 0 Å². The number of fused-ring (bicyclic) bond motifs is 3. The van der Waals surface area contributed by atoms with E-state index >= 15 is 0 Å². The maximum Gasteiger partial charge on any atom is 0.254 e. The Balaban J connectivity index is 1.66. The molecule has 2 aliphatic rings. The number of nitrogens with two attached hydrogens (primary N) is 1.